The van der Waals surface area contributed by atoms with E-state index in [9.17, 15) is 9.18 Å². The Morgan fingerprint density at radius 2 is 2.36 bits per heavy atom. The van der Waals surface area contributed by atoms with Crippen LogP contribution in [0.25, 0.3) is 0 Å². The molecule has 9 heteroatoms. The van der Waals surface area contributed by atoms with E-state index in [1.165, 1.54) is 17.3 Å². The molecule has 0 aromatic carbocycles. The van der Waals surface area contributed by atoms with Crippen molar-refractivity contribution in [2.75, 3.05) is 20.1 Å². The minimum atomic E-state index is -0.898. The van der Waals surface area contributed by atoms with E-state index in [0.717, 1.165) is 5.69 Å². The van der Waals surface area contributed by atoms with Gasteiger partial charge in [0.05, 0.1) is 12.2 Å². The molecule has 1 fully saturated rings. The van der Waals surface area contributed by atoms with E-state index < -0.39 is 12.2 Å². The van der Waals surface area contributed by atoms with Gasteiger partial charge in [-0.15, -0.1) is 0 Å². The standard InChI is InChI=1S/C16H23FN6O2/c1-11-4-15(25-20-11)8-22-6-13(17)5-14(22)7-21(3)16(24)12(2)23-10-18-9-19-23/h4,9-10,12-14H,5-8H2,1-3H3/t12?,13-,14-/m0/s1. The fourth-order valence-corrected chi connectivity index (χ4v) is 3.25. The molecule has 3 heterocycles. The van der Waals surface area contributed by atoms with E-state index in [1.807, 2.05) is 17.9 Å². The summed E-state index contributed by atoms with van der Waals surface area (Å²) in [7, 11) is 1.73. The molecule has 1 aliphatic heterocycles. The molecule has 2 aromatic heterocycles. The Hall–Kier alpha value is -2.29. The minimum absolute atomic E-state index is 0.0581. The molecule has 25 heavy (non-hydrogen) atoms. The number of carbonyl (C=O) groups excluding carboxylic acids is 1. The van der Waals surface area contributed by atoms with Crippen molar-refractivity contribution in [3.8, 4) is 0 Å². The summed E-state index contributed by atoms with van der Waals surface area (Å²) in [6.45, 7) is 4.91. The Labute approximate surface area is 145 Å². The number of halogens is 1. The lowest BCUT2D eigenvalue weighted by Crippen LogP contribution is -2.43. The van der Waals surface area contributed by atoms with Gasteiger partial charge in [-0.3, -0.25) is 9.69 Å². The van der Waals surface area contributed by atoms with Gasteiger partial charge < -0.3 is 9.42 Å². The lowest BCUT2D eigenvalue weighted by atomic mass is 10.2. The molecule has 8 nitrogen and oxygen atoms in total. The van der Waals surface area contributed by atoms with Gasteiger partial charge in [-0.05, 0) is 20.3 Å². The summed E-state index contributed by atoms with van der Waals surface area (Å²) in [5.74, 6) is 0.629. The van der Waals surface area contributed by atoms with Crippen LogP contribution in [0, 0.1) is 6.92 Å². The molecule has 1 saturated heterocycles. The van der Waals surface area contributed by atoms with Gasteiger partial charge in [0.15, 0.2) is 5.76 Å². The van der Waals surface area contributed by atoms with E-state index >= 15 is 0 Å². The molecule has 2 aromatic rings. The summed E-state index contributed by atoms with van der Waals surface area (Å²) < 4.78 is 20.7. The SMILES string of the molecule is Cc1cc(CN2C[C@@H](F)C[C@H]2CN(C)C(=O)C(C)n2cncn2)on1. The average molecular weight is 350 g/mol. The molecule has 0 radical (unpaired) electrons. The van der Waals surface area contributed by atoms with Crippen molar-refractivity contribution in [3.05, 3.63) is 30.2 Å². The summed E-state index contributed by atoms with van der Waals surface area (Å²) in [4.78, 5) is 20.1. The van der Waals surface area contributed by atoms with Gasteiger partial charge in [0.25, 0.3) is 0 Å². The maximum absolute atomic E-state index is 14.0. The third-order valence-corrected chi connectivity index (χ3v) is 4.56. The second-order valence-corrected chi connectivity index (χ2v) is 6.62. The first-order valence-corrected chi connectivity index (χ1v) is 8.33. The Morgan fingerprint density at radius 3 is 3.00 bits per heavy atom. The number of alkyl halides is 1. The van der Waals surface area contributed by atoms with Crippen LogP contribution < -0.4 is 0 Å². The predicted molar refractivity (Wildman–Crippen MR) is 87.3 cm³/mol. The normalized spacial score (nSPS) is 22.2. The lowest BCUT2D eigenvalue weighted by molar-refractivity contribution is -0.133. The van der Waals surface area contributed by atoms with Gasteiger partial charge in [0.2, 0.25) is 5.91 Å². The smallest absolute Gasteiger partial charge is 0.247 e. The van der Waals surface area contributed by atoms with Gasteiger partial charge in [0, 0.05) is 32.2 Å². The van der Waals surface area contributed by atoms with Crippen molar-refractivity contribution >= 4 is 5.91 Å². The molecule has 1 amide bonds. The zero-order chi connectivity index (χ0) is 18.0. The quantitative estimate of drug-likeness (QED) is 0.779. The fourth-order valence-electron chi connectivity index (χ4n) is 3.25. The highest BCUT2D eigenvalue weighted by atomic mass is 19.1. The Kier molecular flexibility index (Phi) is 5.12. The van der Waals surface area contributed by atoms with Crippen molar-refractivity contribution in [2.45, 2.75) is 45.1 Å². The Morgan fingerprint density at radius 1 is 1.56 bits per heavy atom. The van der Waals surface area contributed by atoms with Crippen molar-refractivity contribution < 1.29 is 13.7 Å². The maximum atomic E-state index is 14.0. The van der Waals surface area contributed by atoms with Crippen LogP contribution >= 0.6 is 0 Å². The van der Waals surface area contributed by atoms with Gasteiger partial charge in [-0.25, -0.2) is 14.1 Å². The molecule has 0 N–H and O–H groups in total. The number of aromatic nitrogens is 4. The van der Waals surface area contributed by atoms with Crippen LogP contribution in [0.3, 0.4) is 0 Å². The molecule has 0 saturated carbocycles. The van der Waals surface area contributed by atoms with Gasteiger partial charge in [-0.1, -0.05) is 5.16 Å². The first kappa shape index (κ1) is 17.5. The van der Waals surface area contributed by atoms with Crippen molar-refractivity contribution in [3.63, 3.8) is 0 Å². The number of aryl methyl sites for hydroxylation is 1. The molecule has 0 spiro atoms. The second kappa shape index (κ2) is 7.30. The van der Waals surface area contributed by atoms with Gasteiger partial charge in [0.1, 0.15) is 24.9 Å². The van der Waals surface area contributed by atoms with Crippen molar-refractivity contribution in [1.82, 2.24) is 29.7 Å². The molecular formula is C16H23FN6O2. The van der Waals surface area contributed by atoms with Crippen LogP contribution in [0.4, 0.5) is 4.39 Å². The molecule has 0 bridgehead atoms. The van der Waals surface area contributed by atoms with E-state index in [-0.39, 0.29) is 11.9 Å². The van der Waals surface area contributed by atoms with Crippen molar-refractivity contribution in [2.24, 2.45) is 0 Å². The average Bonchev–Trinajstić information content (AvgIpc) is 3.29. The summed E-state index contributed by atoms with van der Waals surface area (Å²) in [5.41, 5.74) is 0.802. The maximum Gasteiger partial charge on any atom is 0.247 e. The highest BCUT2D eigenvalue weighted by molar-refractivity contribution is 5.79. The molecular weight excluding hydrogens is 327 g/mol. The highest BCUT2D eigenvalue weighted by Gasteiger charge is 2.34. The highest BCUT2D eigenvalue weighted by Crippen LogP contribution is 2.24. The van der Waals surface area contributed by atoms with Crippen LogP contribution in [0.15, 0.2) is 23.2 Å². The zero-order valence-electron chi connectivity index (χ0n) is 14.7. The van der Waals surface area contributed by atoms with E-state index in [1.54, 1.807) is 18.9 Å². The van der Waals surface area contributed by atoms with E-state index in [2.05, 4.69) is 15.2 Å². The fraction of sp³-hybridized carbons (Fsp3) is 0.625. The predicted octanol–water partition coefficient (Wildman–Crippen LogP) is 1.21. The lowest BCUT2D eigenvalue weighted by Gasteiger charge is -2.29. The minimum Gasteiger partial charge on any atom is -0.360 e. The van der Waals surface area contributed by atoms with Crippen LogP contribution in [0.1, 0.15) is 30.8 Å². The first-order valence-electron chi connectivity index (χ1n) is 8.33. The number of carbonyl (C=O) groups is 1. The van der Waals surface area contributed by atoms with E-state index in [4.69, 9.17) is 4.52 Å². The third-order valence-electron chi connectivity index (χ3n) is 4.56. The summed E-state index contributed by atoms with van der Waals surface area (Å²) in [5, 5.41) is 7.87. The Balaban J connectivity index is 1.62. The number of hydrogen-bond donors (Lipinski definition) is 0. The summed E-state index contributed by atoms with van der Waals surface area (Å²) in [6, 6.07) is 1.35. The summed E-state index contributed by atoms with van der Waals surface area (Å²) >= 11 is 0. The molecule has 0 aliphatic carbocycles. The van der Waals surface area contributed by atoms with Gasteiger partial charge in [-0.2, -0.15) is 5.10 Å². The number of nitrogens with zero attached hydrogens (tertiary/aromatic N) is 6. The van der Waals surface area contributed by atoms with E-state index in [0.29, 0.717) is 31.8 Å². The first-order chi connectivity index (χ1) is 11.9. The number of amides is 1. The van der Waals surface area contributed by atoms with Crippen LogP contribution in [-0.2, 0) is 11.3 Å². The zero-order valence-corrected chi connectivity index (χ0v) is 14.7. The molecule has 3 rings (SSSR count). The monoisotopic (exact) mass is 350 g/mol. The topological polar surface area (TPSA) is 80.3 Å². The second-order valence-electron chi connectivity index (χ2n) is 6.62. The largest absolute Gasteiger partial charge is 0.360 e. The van der Waals surface area contributed by atoms with Crippen LogP contribution in [-0.4, -0.2) is 68.0 Å². The Bertz CT molecular complexity index is 703. The van der Waals surface area contributed by atoms with Gasteiger partial charge >= 0.3 is 0 Å². The third kappa shape index (κ3) is 4.04. The molecule has 3 atom stereocenters. The number of hydrogen-bond acceptors (Lipinski definition) is 6. The van der Waals surface area contributed by atoms with Crippen molar-refractivity contribution in [1.29, 1.82) is 0 Å². The van der Waals surface area contributed by atoms with Crippen LogP contribution in [0.5, 0.6) is 0 Å². The number of rotatable bonds is 6. The van der Waals surface area contributed by atoms with Crippen LogP contribution in [0.2, 0.25) is 0 Å². The summed E-state index contributed by atoms with van der Waals surface area (Å²) in [6.07, 6.45) is 2.42. The molecule has 1 unspecified atom stereocenters. The number of likely N-dealkylation sites (tertiary alicyclic amines) is 1. The molecule has 1 aliphatic rings. The number of likely N-dealkylation sites (N-methyl/N-ethyl adjacent to an activating group) is 1. The molecule has 136 valence electrons.